The number of thiophene rings is 1. The topological polar surface area (TPSA) is 24.1 Å². The van der Waals surface area contributed by atoms with E-state index in [0.29, 0.717) is 18.0 Å². The standard InChI is InChI=1S/C23H26N2S.ClH/c1-3-8-18(9-4-1)23(19-10-5-2-6-11-19)22-14-13-20(16-25-22)24-17-21-12-7-15-26-21;/h1-12,15,20,22-25H,13-14,16-17H2;1H. The lowest BCUT2D eigenvalue weighted by atomic mass is 9.81. The second-order valence-electron chi connectivity index (χ2n) is 7.05. The van der Waals surface area contributed by atoms with Crippen LogP contribution in [-0.4, -0.2) is 18.6 Å². The van der Waals surface area contributed by atoms with Crippen molar-refractivity contribution in [3.05, 3.63) is 94.2 Å². The molecular weight excluding hydrogens is 372 g/mol. The van der Waals surface area contributed by atoms with Crippen LogP contribution in [0, 0.1) is 0 Å². The molecule has 0 aliphatic carbocycles. The number of benzene rings is 2. The number of halogens is 1. The molecule has 2 heterocycles. The molecule has 2 unspecified atom stereocenters. The molecule has 0 spiro atoms. The van der Waals surface area contributed by atoms with Gasteiger partial charge in [0.15, 0.2) is 0 Å². The summed E-state index contributed by atoms with van der Waals surface area (Å²) < 4.78 is 0. The van der Waals surface area contributed by atoms with Crippen LogP contribution in [0.1, 0.15) is 34.8 Å². The molecule has 2 atom stereocenters. The quantitative estimate of drug-likeness (QED) is 0.595. The predicted octanol–water partition coefficient (Wildman–Crippen LogP) is 5.21. The van der Waals surface area contributed by atoms with E-state index in [-0.39, 0.29) is 12.4 Å². The summed E-state index contributed by atoms with van der Waals surface area (Å²) in [5.41, 5.74) is 2.81. The van der Waals surface area contributed by atoms with Gasteiger partial charge in [-0.3, -0.25) is 0 Å². The molecule has 2 aromatic carbocycles. The van der Waals surface area contributed by atoms with E-state index in [4.69, 9.17) is 0 Å². The maximum absolute atomic E-state index is 3.84. The van der Waals surface area contributed by atoms with Crippen LogP contribution in [-0.2, 0) is 6.54 Å². The smallest absolute Gasteiger partial charge is 0.0302 e. The van der Waals surface area contributed by atoms with Gasteiger partial charge < -0.3 is 10.6 Å². The van der Waals surface area contributed by atoms with E-state index in [9.17, 15) is 0 Å². The van der Waals surface area contributed by atoms with Gasteiger partial charge in [-0.1, -0.05) is 66.7 Å². The lowest BCUT2D eigenvalue weighted by Gasteiger charge is -2.36. The van der Waals surface area contributed by atoms with E-state index in [2.05, 4.69) is 88.8 Å². The molecule has 1 fully saturated rings. The molecule has 0 saturated carbocycles. The van der Waals surface area contributed by atoms with Gasteiger partial charge in [-0.05, 0) is 35.4 Å². The summed E-state index contributed by atoms with van der Waals surface area (Å²) in [6.45, 7) is 2.02. The van der Waals surface area contributed by atoms with Crippen molar-refractivity contribution in [3.8, 4) is 0 Å². The molecular formula is C23H27ClN2S. The molecule has 2 nitrogen and oxygen atoms in total. The molecule has 27 heavy (non-hydrogen) atoms. The Morgan fingerprint density at radius 1 is 0.889 bits per heavy atom. The maximum Gasteiger partial charge on any atom is 0.0302 e. The van der Waals surface area contributed by atoms with E-state index in [1.165, 1.54) is 28.8 Å². The first-order valence-corrected chi connectivity index (χ1v) is 10.4. The molecule has 1 aliphatic rings. The summed E-state index contributed by atoms with van der Waals surface area (Å²) in [6.07, 6.45) is 2.41. The number of nitrogens with one attached hydrogen (secondary N) is 2. The zero-order chi connectivity index (χ0) is 17.6. The second kappa shape index (κ2) is 10.0. The fourth-order valence-electron chi connectivity index (χ4n) is 3.97. The average Bonchev–Trinajstić information content (AvgIpc) is 3.23. The van der Waals surface area contributed by atoms with Crippen LogP contribution < -0.4 is 10.6 Å². The fraction of sp³-hybridized carbons (Fsp3) is 0.304. The lowest BCUT2D eigenvalue weighted by molar-refractivity contribution is 0.308. The van der Waals surface area contributed by atoms with Gasteiger partial charge in [-0.15, -0.1) is 23.7 Å². The Hall–Kier alpha value is -1.65. The van der Waals surface area contributed by atoms with Gasteiger partial charge in [-0.2, -0.15) is 0 Å². The Morgan fingerprint density at radius 2 is 1.56 bits per heavy atom. The van der Waals surface area contributed by atoms with Crippen molar-refractivity contribution in [2.24, 2.45) is 0 Å². The fourth-order valence-corrected chi connectivity index (χ4v) is 4.63. The average molecular weight is 399 g/mol. The Balaban J connectivity index is 0.00000210. The zero-order valence-corrected chi connectivity index (χ0v) is 17.0. The van der Waals surface area contributed by atoms with Crippen LogP contribution in [0.3, 0.4) is 0 Å². The van der Waals surface area contributed by atoms with Crippen LogP contribution in [0.2, 0.25) is 0 Å². The highest BCUT2D eigenvalue weighted by atomic mass is 35.5. The Bertz CT molecular complexity index is 729. The van der Waals surface area contributed by atoms with Crippen molar-refractivity contribution in [2.45, 2.75) is 37.4 Å². The molecule has 0 amide bonds. The third-order valence-corrected chi connectivity index (χ3v) is 6.19. The number of hydrogen-bond acceptors (Lipinski definition) is 3. The SMILES string of the molecule is Cl.c1ccc(C(c2ccccc2)C2CCC(NCc3cccs3)CN2)cc1. The van der Waals surface area contributed by atoms with Gasteiger partial charge in [0.25, 0.3) is 0 Å². The number of piperidine rings is 1. The molecule has 1 aromatic heterocycles. The summed E-state index contributed by atoms with van der Waals surface area (Å²) in [6, 6.07) is 27.2. The van der Waals surface area contributed by atoms with Crippen molar-refractivity contribution < 1.29 is 0 Å². The number of hydrogen-bond donors (Lipinski definition) is 2. The third kappa shape index (κ3) is 5.20. The van der Waals surface area contributed by atoms with Crippen molar-refractivity contribution in [1.82, 2.24) is 10.6 Å². The second-order valence-corrected chi connectivity index (χ2v) is 8.08. The Morgan fingerprint density at radius 3 is 2.07 bits per heavy atom. The van der Waals surface area contributed by atoms with Gasteiger partial charge in [0.2, 0.25) is 0 Å². The molecule has 142 valence electrons. The molecule has 4 heteroatoms. The van der Waals surface area contributed by atoms with Gasteiger partial charge in [0, 0.05) is 36.0 Å². The van der Waals surface area contributed by atoms with Gasteiger partial charge in [0.1, 0.15) is 0 Å². The minimum absolute atomic E-state index is 0. The zero-order valence-electron chi connectivity index (χ0n) is 15.4. The molecule has 0 radical (unpaired) electrons. The van der Waals surface area contributed by atoms with Crippen molar-refractivity contribution in [3.63, 3.8) is 0 Å². The highest BCUT2D eigenvalue weighted by molar-refractivity contribution is 7.09. The summed E-state index contributed by atoms with van der Waals surface area (Å²) in [7, 11) is 0. The first kappa shape index (κ1) is 20.1. The van der Waals surface area contributed by atoms with Crippen molar-refractivity contribution >= 4 is 23.7 Å². The molecule has 3 aromatic rings. The van der Waals surface area contributed by atoms with E-state index in [1.54, 1.807) is 0 Å². The van der Waals surface area contributed by atoms with E-state index in [1.807, 2.05) is 11.3 Å². The molecule has 2 N–H and O–H groups in total. The van der Waals surface area contributed by atoms with Crippen molar-refractivity contribution in [2.75, 3.05) is 6.54 Å². The molecule has 1 saturated heterocycles. The first-order chi connectivity index (χ1) is 12.9. The van der Waals surface area contributed by atoms with Gasteiger partial charge >= 0.3 is 0 Å². The number of rotatable bonds is 6. The van der Waals surface area contributed by atoms with E-state index < -0.39 is 0 Å². The maximum atomic E-state index is 3.84. The highest BCUT2D eigenvalue weighted by Crippen LogP contribution is 2.31. The minimum atomic E-state index is 0. The Kier molecular flexibility index (Phi) is 7.48. The highest BCUT2D eigenvalue weighted by Gasteiger charge is 2.29. The van der Waals surface area contributed by atoms with E-state index in [0.717, 1.165) is 13.1 Å². The monoisotopic (exact) mass is 398 g/mol. The van der Waals surface area contributed by atoms with Gasteiger partial charge in [0.05, 0.1) is 0 Å². The summed E-state index contributed by atoms with van der Waals surface area (Å²) in [4.78, 5) is 1.42. The normalized spacial score (nSPS) is 19.6. The summed E-state index contributed by atoms with van der Waals surface area (Å²) in [5.74, 6) is 0.413. The van der Waals surface area contributed by atoms with Gasteiger partial charge in [-0.25, -0.2) is 0 Å². The third-order valence-electron chi connectivity index (χ3n) is 5.32. The first-order valence-electron chi connectivity index (χ1n) is 9.49. The molecule has 0 bridgehead atoms. The lowest BCUT2D eigenvalue weighted by Crippen LogP contribution is -2.49. The Labute approximate surface area is 172 Å². The van der Waals surface area contributed by atoms with Crippen LogP contribution in [0.15, 0.2) is 78.2 Å². The summed E-state index contributed by atoms with van der Waals surface area (Å²) in [5, 5.41) is 9.70. The van der Waals surface area contributed by atoms with Crippen LogP contribution >= 0.6 is 23.7 Å². The van der Waals surface area contributed by atoms with Crippen LogP contribution in [0.4, 0.5) is 0 Å². The molecule has 4 rings (SSSR count). The molecule has 1 aliphatic heterocycles. The van der Waals surface area contributed by atoms with Crippen LogP contribution in [0.5, 0.6) is 0 Å². The van der Waals surface area contributed by atoms with Crippen LogP contribution in [0.25, 0.3) is 0 Å². The largest absolute Gasteiger partial charge is 0.311 e. The predicted molar refractivity (Wildman–Crippen MR) is 118 cm³/mol. The minimum Gasteiger partial charge on any atom is -0.311 e. The van der Waals surface area contributed by atoms with Crippen molar-refractivity contribution in [1.29, 1.82) is 0 Å². The summed E-state index contributed by atoms with van der Waals surface area (Å²) >= 11 is 1.83. The van der Waals surface area contributed by atoms with E-state index >= 15 is 0 Å².